The molecule has 4 unspecified atom stereocenters. The molecule has 1 N–H and O–H groups in total. The van der Waals surface area contributed by atoms with Gasteiger partial charge in [-0.15, -0.1) is 0 Å². The van der Waals surface area contributed by atoms with Crippen LogP contribution in [0.4, 0.5) is 0 Å². The average molecular weight is 451 g/mol. The number of esters is 2. The molecule has 3 saturated carbocycles. The fourth-order valence-corrected chi connectivity index (χ4v) is 7.68. The van der Waals surface area contributed by atoms with Crippen LogP contribution in [0.5, 0.6) is 0 Å². The van der Waals surface area contributed by atoms with Gasteiger partial charge in [0, 0.05) is 24.7 Å². The maximum atomic E-state index is 12.1. The SMILES string of the molecule is CCCCC(=O)O[C@@H]1CC2C[C@H](O)C3C(CC[C@@]4(C)C3CC[C@@H]4OC(=O)CC)[C@@]2(C)CO1. The minimum absolute atomic E-state index is 0.0181. The van der Waals surface area contributed by atoms with E-state index in [-0.39, 0.29) is 46.8 Å². The number of ether oxygens (including phenoxy) is 3. The molecule has 0 aromatic carbocycles. The normalized spacial score (nSPS) is 45.3. The van der Waals surface area contributed by atoms with E-state index < -0.39 is 6.29 Å². The number of unbranched alkanes of at least 4 members (excludes halogenated alkanes) is 1. The van der Waals surface area contributed by atoms with E-state index in [0.29, 0.717) is 37.7 Å². The van der Waals surface area contributed by atoms with E-state index in [4.69, 9.17) is 14.2 Å². The van der Waals surface area contributed by atoms with Crippen LogP contribution in [-0.4, -0.2) is 42.1 Å². The van der Waals surface area contributed by atoms with Crippen molar-refractivity contribution in [2.75, 3.05) is 6.61 Å². The molecule has 0 bridgehead atoms. The summed E-state index contributed by atoms with van der Waals surface area (Å²) in [6, 6.07) is 0. The third-order valence-corrected chi connectivity index (χ3v) is 9.61. The fraction of sp³-hybridized carbons (Fsp3) is 0.923. The van der Waals surface area contributed by atoms with Crippen molar-refractivity contribution in [3.63, 3.8) is 0 Å². The van der Waals surface area contributed by atoms with Crippen molar-refractivity contribution in [2.24, 2.45) is 34.5 Å². The van der Waals surface area contributed by atoms with Gasteiger partial charge in [-0.3, -0.25) is 9.59 Å². The van der Waals surface area contributed by atoms with Crippen LogP contribution in [0.3, 0.4) is 0 Å². The van der Waals surface area contributed by atoms with E-state index in [1.165, 1.54) is 0 Å². The van der Waals surface area contributed by atoms with E-state index in [1.807, 2.05) is 6.92 Å². The second-order valence-corrected chi connectivity index (χ2v) is 11.3. The average Bonchev–Trinajstić information content (AvgIpc) is 3.09. The van der Waals surface area contributed by atoms with Gasteiger partial charge in [-0.05, 0) is 67.6 Å². The van der Waals surface area contributed by atoms with Crippen molar-refractivity contribution in [3.05, 3.63) is 0 Å². The van der Waals surface area contributed by atoms with Gasteiger partial charge in [0.2, 0.25) is 6.29 Å². The van der Waals surface area contributed by atoms with Gasteiger partial charge in [0.15, 0.2) is 0 Å². The zero-order valence-corrected chi connectivity index (χ0v) is 20.3. The first-order valence-electron chi connectivity index (χ1n) is 12.9. The van der Waals surface area contributed by atoms with Crippen LogP contribution in [0.1, 0.15) is 91.9 Å². The molecule has 1 heterocycles. The van der Waals surface area contributed by atoms with Gasteiger partial charge in [-0.1, -0.05) is 34.1 Å². The summed E-state index contributed by atoms with van der Waals surface area (Å²) >= 11 is 0. The third kappa shape index (κ3) is 4.11. The predicted molar refractivity (Wildman–Crippen MR) is 119 cm³/mol. The minimum Gasteiger partial charge on any atom is -0.462 e. The predicted octanol–water partition coefficient (Wildman–Crippen LogP) is 4.62. The molecule has 0 radical (unpaired) electrons. The lowest BCUT2D eigenvalue weighted by molar-refractivity contribution is -0.254. The van der Waals surface area contributed by atoms with E-state index in [0.717, 1.165) is 44.9 Å². The molecule has 1 saturated heterocycles. The highest BCUT2D eigenvalue weighted by Crippen LogP contribution is 2.65. The zero-order chi connectivity index (χ0) is 23.1. The summed E-state index contributed by atoms with van der Waals surface area (Å²) in [5.41, 5.74) is -0.0707. The Kier molecular flexibility index (Phi) is 6.94. The topological polar surface area (TPSA) is 82.1 Å². The zero-order valence-electron chi connectivity index (χ0n) is 20.3. The Morgan fingerprint density at radius 3 is 2.47 bits per heavy atom. The maximum Gasteiger partial charge on any atom is 0.308 e. The monoisotopic (exact) mass is 450 g/mol. The second-order valence-electron chi connectivity index (χ2n) is 11.3. The van der Waals surface area contributed by atoms with E-state index in [2.05, 4.69) is 20.8 Å². The lowest BCUT2D eigenvalue weighted by atomic mass is 9.46. The Morgan fingerprint density at radius 2 is 1.75 bits per heavy atom. The van der Waals surface area contributed by atoms with Gasteiger partial charge in [0.1, 0.15) is 6.10 Å². The van der Waals surface area contributed by atoms with Crippen LogP contribution in [-0.2, 0) is 23.8 Å². The molecular weight excluding hydrogens is 408 g/mol. The number of carbonyl (C=O) groups excluding carboxylic acids is 2. The Balaban J connectivity index is 1.46. The first-order chi connectivity index (χ1) is 15.2. The summed E-state index contributed by atoms with van der Waals surface area (Å²) in [5.74, 6) is 0.959. The van der Waals surface area contributed by atoms with Crippen LogP contribution in [0.25, 0.3) is 0 Å². The molecule has 0 amide bonds. The van der Waals surface area contributed by atoms with Crippen LogP contribution < -0.4 is 0 Å². The number of fused-ring (bicyclic) bond motifs is 5. The van der Waals surface area contributed by atoms with Gasteiger partial charge < -0.3 is 19.3 Å². The molecule has 4 fully saturated rings. The molecule has 6 heteroatoms. The van der Waals surface area contributed by atoms with Crippen molar-refractivity contribution in [1.82, 2.24) is 0 Å². The summed E-state index contributed by atoms with van der Waals surface area (Å²) in [5, 5.41) is 11.4. The maximum absolute atomic E-state index is 12.1. The fourth-order valence-electron chi connectivity index (χ4n) is 7.68. The van der Waals surface area contributed by atoms with Crippen LogP contribution in [0, 0.1) is 34.5 Å². The number of rotatable bonds is 6. The molecule has 0 aromatic heterocycles. The number of hydrogen-bond donors (Lipinski definition) is 1. The number of hydrogen-bond acceptors (Lipinski definition) is 6. The Hall–Kier alpha value is -1.14. The molecule has 4 rings (SSSR count). The minimum atomic E-state index is -0.487. The Bertz CT molecular complexity index is 708. The number of aliphatic hydroxyl groups is 1. The standard InChI is InChI=1S/C26H42O6/c1-5-7-8-22(29)32-23-14-16-13-19(27)24-17-9-10-20(31-21(28)6-2)25(17,3)12-11-18(24)26(16,4)15-30-23/h16-20,23-24,27H,5-15H2,1-4H3/t16?,17?,18?,19-,20-,23+,24?,25-,26-/m0/s1. The molecule has 6 nitrogen and oxygen atoms in total. The van der Waals surface area contributed by atoms with Crippen LogP contribution >= 0.6 is 0 Å². The van der Waals surface area contributed by atoms with E-state index >= 15 is 0 Å². The second kappa shape index (κ2) is 9.25. The first kappa shape index (κ1) is 24.0. The summed E-state index contributed by atoms with van der Waals surface area (Å²) in [7, 11) is 0. The van der Waals surface area contributed by atoms with Crippen molar-refractivity contribution >= 4 is 11.9 Å². The highest BCUT2D eigenvalue weighted by molar-refractivity contribution is 5.69. The molecular formula is C26H42O6. The molecule has 0 spiro atoms. The summed E-state index contributed by atoms with van der Waals surface area (Å²) in [6.07, 6.45) is 7.12. The van der Waals surface area contributed by atoms with Gasteiger partial charge in [0.25, 0.3) is 0 Å². The Morgan fingerprint density at radius 1 is 1.00 bits per heavy atom. The largest absolute Gasteiger partial charge is 0.462 e. The first-order valence-corrected chi connectivity index (χ1v) is 12.9. The van der Waals surface area contributed by atoms with Gasteiger partial charge >= 0.3 is 11.9 Å². The highest BCUT2D eigenvalue weighted by atomic mass is 16.7. The quantitative estimate of drug-likeness (QED) is 0.595. The summed E-state index contributed by atoms with van der Waals surface area (Å²) in [6.45, 7) is 9.08. The molecule has 3 aliphatic carbocycles. The van der Waals surface area contributed by atoms with Crippen molar-refractivity contribution < 1.29 is 28.9 Å². The van der Waals surface area contributed by atoms with E-state index in [9.17, 15) is 14.7 Å². The third-order valence-electron chi connectivity index (χ3n) is 9.61. The molecule has 182 valence electrons. The van der Waals surface area contributed by atoms with Crippen molar-refractivity contribution in [2.45, 2.75) is 110 Å². The Labute approximate surface area is 192 Å². The number of carbonyl (C=O) groups is 2. The number of aliphatic hydroxyl groups excluding tert-OH is 1. The van der Waals surface area contributed by atoms with Crippen LogP contribution in [0.15, 0.2) is 0 Å². The summed E-state index contributed by atoms with van der Waals surface area (Å²) < 4.78 is 17.6. The smallest absolute Gasteiger partial charge is 0.308 e. The van der Waals surface area contributed by atoms with Gasteiger partial charge in [0.05, 0.1) is 12.7 Å². The van der Waals surface area contributed by atoms with Crippen LogP contribution in [0.2, 0.25) is 0 Å². The lowest BCUT2D eigenvalue weighted by Gasteiger charge is -2.61. The lowest BCUT2D eigenvalue weighted by Crippen LogP contribution is -2.61. The molecule has 9 atom stereocenters. The molecule has 0 aromatic rings. The highest BCUT2D eigenvalue weighted by Gasteiger charge is 2.63. The van der Waals surface area contributed by atoms with Gasteiger partial charge in [-0.25, -0.2) is 0 Å². The van der Waals surface area contributed by atoms with Crippen molar-refractivity contribution in [1.29, 1.82) is 0 Å². The summed E-state index contributed by atoms with van der Waals surface area (Å²) in [4.78, 5) is 24.1. The molecule has 4 aliphatic rings. The molecule has 1 aliphatic heterocycles. The van der Waals surface area contributed by atoms with E-state index in [1.54, 1.807) is 0 Å². The molecule has 32 heavy (non-hydrogen) atoms. The van der Waals surface area contributed by atoms with Crippen molar-refractivity contribution in [3.8, 4) is 0 Å². The van der Waals surface area contributed by atoms with Gasteiger partial charge in [-0.2, -0.15) is 0 Å².